The molecule has 5 rings (SSSR count). The Balaban J connectivity index is 1.42. The van der Waals surface area contributed by atoms with Gasteiger partial charge in [-0.2, -0.15) is 0 Å². The lowest BCUT2D eigenvalue weighted by molar-refractivity contribution is -0.135. The van der Waals surface area contributed by atoms with Crippen molar-refractivity contribution >= 4 is 22.7 Å². The molecular formula is C29H31N5O3. The Bertz CT molecular complexity index is 1470. The fourth-order valence-corrected chi connectivity index (χ4v) is 5.66. The number of hydrogen-bond donors (Lipinski definition) is 1. The highest BCUT2D eigenvalue weighted by Crippen LogP contribution is 2.23. The second-order valence-electron chi connectivity index (χ2n) is 10.4. The average molecular weight is 498 g/mol. The molecule has 2 aliphatic rings. The Labute approximate surface area is 216 Å². The van der Waals surface area contributed by atoms with Crippen LogP contribution in [0, 0.1) is 30.6 Å². The van der Waals surface area contributed by atoms with Gasteiger partial charge in [0.15, 0.2) is 0 Å². The van der Waals surface area contributed by atoms with Crippen molar-refractivity contribution in [1.82, 2.24) is 24.8 Å². The molecule has 0 spiro atoms. The molecule has 1 N–H and O–H groups in total. The average Bonchev–Trinajstić information content (AvgIpc) is 2.84. The number of imide groups is 1. The minimum absolute atomic E-state index is 0.180. The van der Waals surface area contributed by atoms with Crippen LogP contribution in [0.4, 0.5) is 0 Å². The zero-order chi connectivity index (χ0) is 26.1. The van der Waals surface area contributed by atoms with Gasteiger partial charge in [0, 0.05) is 37.8 Å². The van der Waals surface area contributed by atoms with Crippen LogP contribution in [0.3, 0.4) is 0 Å². The zero-order valence-electron chi connectivity index (χ0n) is 21.5. The number of carbonyl (C=O) groups is 2. The third kappa shape index (κ3) is 5.32. The lowest BCUT2D eigenvalue weighted by Crippen LogP contribution is -2.45. The molecule has 0 bridgehead atoms. The van der Waals surface area contributed by atoms with Crippen molar-refractivity contribution in [2.75, 3.05) is 13.1 Å². The third-order valence-electron chi connectivity index (χ3n) is 7.13. The van der Waals surface area contributed by atoms with Crippen LogP contribution in [0.25, 0.3) is 10.9 Å². The van der Waals surface area contributed by atoms with E-state index in [0.29, 0.717) is 39.8 Å². The summed E-state index contributed by atoms with van der Waals surface area (Å²) in [4.78, 5) is 49.2. The summed E-state index contributed by atoms with van der Waals surface area (Å²) in [5, 5.41) is 2.68. The maximum Gasteiger partial charge on any atom is 0.263 e. The first-order valence-electron chi connectivity index (χ1n) is 12.8. The first kappa shape index (κ1) is 24.8. The second kappa shape index (κ2) is 10.3. The summed E-state index contributed by atoms with van der Waals surface area (Å²) in [5.41, 5.74) is 2.48. The summed E-state index contributed by atoms with van der Waals surface area (Å²) < 4.78 is 1.38. The van der Waals surface area contributed by atoms with Crippen LogP contribution in [0.15, 0.2) is 41.3 Å². The Morgan fingerprint density at radius 1 is 1.05 bits per heavy atom. The molecule has 2 fully saturated rings. The summed E-state index contributed by atoms with van der Waals surface area (Å²) in [6.07, 6.45) is 3.60. The number of rotatable bonds is 3. The first-order valence-corrected chi connectivity index (χ1v) is 12.8. The van der Waals surface area contributed by atoms with E-state index in [9.17, 15) is 14.4 Å². The number of aryl methyl sites for hydroxylation is 1. The normalized spacial score (nSPS) is 22.4. The number of amides is 2. The molecule has 0 saturated carbocycles. The van der Waals surface area contributed by atoms with Crippen LogP contribution in [0.1, 0.15) is 61.8 Å². The fraction of sp³-hybridized carbons (Fsp3) is 0.414. The van der Waals surface area contributed by atoms with Crippen LogP contribution in [-0.4, -0.2) is 44.3 Å². The van der Waals surface area contributed by atoms with E-state index in [1.165, 1.54) is 11.0 Å². The molecule has 4 heterocycles. The van der Waals surface area contributed by atoms with E-state index in [1.54, 1.807) is 19.1 Å². The van der Waals surface area contributed by atoms with Gasteiger partial charge in [-0.3, -0.25) is 29.2 Å². The Morgan fingerprint density at radius 3 is 2.54 bits per heavy atom. The van der Waals surface area contributed by atoms with Gasteiger partial charge >= 0.3 is 0 Å². The quantitative estimate of drug-likeness (QED) is 0.442. The van der Waals surface area contributed by atoms with E-state index in [2.05, 4.69) is 51.9 Å². The SMILES string of the molecule is Cc1nc2cccc(C#Cc3ccc(CN4CC(C)CC(C)C4)cn3)c2c(=O)n1C1CCC(=O)NC1=O. The van der Waals surface area contributed by atoms with Crippen molar-refractivity contribution in [1.29, 1.82) is 0 Å². The maximum absolute atomic E-state index is 13.6. The second-order valence-corrected chi connectivity index (χ2v) is 10.4. The molecule has 37 heavy (non-hydrogen) atoms. The lowest BCUT2D eigenvalue weighted by Gasteiger charge is -2.34. The summed E-state index contributed by atoms with van der Waals surface area (Å²) >= 11 is 0. The maximum atomic E-state index is 13.6. The Kier molecular flexibility index (Phi) is 6.90. The van der Waals surface area contributed by atoms with Gasteiger partial charge in [0.05, 0.1) is 10.9 Å². The summed E-state index contributed by atoms with van der Waals surface area (Å²) in [6.45, 7) is 9.41. The molecule has 2 amide bonds. The molecule has 3 aromatic rings. The van der Waals surface area contributed by atoms with E-state index in [-0.39, 0.29) is 24.3 Å². The van der Waals surface area contributed by atoms with Crippen molar-refractivity contribution in [2.45, 2.75) is 52.6 Å². The highest BCUT2D eigenvalue weighted by molar-refractivity contribution is 5.99. The lowest BCUT2D eigenvalue weighted by atomic mass is 9.92. The third-order valence-corrected chi connectivity index (χ3v) is 7.13. The molecule has 0 aliphatic carbocycles. The predicted octanol–water partition coefficient (Wildman–Crippen LogP) is 2.96. The summed E-state index contributed by atoms with van der Waals surface area (Å²) in [5.74, 6) is 7.20. The van der Waals surface area contributed by atoms with E-state index < -0.39 is 11.9 Å². The van der Waals surface area contributed by atoms with Gasteiger partial charge in [-0.05, 0) is 61.3 Å². The van der Waals surface area contributed by atoms with Gasteiger partial charge < -0.3 is 0 Å². The van der Waals surface area contributed by atoms with Crippen LogP contribution in [0.2, 0.25) is 0 Å². The van der Waals surface area contributed by atoms with E-state index in [1.807, 2.05) is 18.3 Å². The molecule has 8 heteroatoms. The van der Waals surface area contributed by atoms with Crippen molar-refractivity contribution < 1.29 is 9.59 Å². The number of piperidine rings is 2. The van der Waals surface area contributed by atoms with Crippen molar-refractivity contribution in [3.05, 3.63) is 69.5 Å². The Hall–Kier alpha value is -3.83. The van der Waals surface area contributed by atoms with E-state index >= 15 is 0 Å². The fourth-order valence-electron chi connectivity index (χ4n) is 5.66. The number of nitrogens with one attached hydrogen (secondary N) is 1. The van der Waals surface area contributed by atoms with Crippen LogP contribution in [-0.2, 0) is 16.1 Å². The molecule has 2 aliphatic heterocycles. The standard InChI is InChI=1S/C29H31N5O3/c1-18-13-19(2)16-33(15-18)17-21-7-9-23(30-14-21)10-8-22-5-4-6-24-27(22)29(37)34(20(3)31-24)25-11-12-26(35)32-28(25)36/h4-7,9,14,18-19,25H,11-13,15-17H2,1-3H3,(H,32,35,36). The molecule has 2 aromatic heterocycles. The highest BCUT2D eigenvalue weighted by Gasteiger charge is 2.30. The summed E-state index contributed by atoms with van der Waals surface area (Å²) in [7, 11) is 0. The van der Waals surface area contributed by atoms with Gasteiger partial charge in [0.2, 0.25) is 11.8 Å². The molecule has 0 radical (unpaired) electrons. The number of likely N-dealkylation sites (tertiary alicyclic amines) is 1. The minimum Gasteiger partial charge on any atom is -0.298 e. The summed E-state index contributed by atoms with van der Waals surface area (Å²) in [6, 6.07) is 8.54. The highest BCUT2D eigenvalue weighted by atomic mass is 16.2. The zero-order valence-corrected chi connectivity index (χ0v) is 21.5. The molecule has 2 saturated heterocycles. The van der Waals surface area contributed by atoms with Crippen molar-refractivity contribution in [3.63, 3.8) is 0 Å². The molecule has 3 unspecified atom stereocenters. The van der Waals surface area contributed by atoms with Gasteiger partial charge in [-0.1, -0.05) is 31.9 Å². The van der Waals surface area contributed by atoms with Gasteiger partial charge in [-0.15, -0.1) is 0 Å². The number of carbonyl (C=O) groups excluding carboxylic acids is 2. The number of benzene rings is 1. The predicted molar refractivity (Wildman–Crippen MR) is 141 cm³/mol. The molecule has 1 aromatic carbocycles. The van der Waals surface area contributed by atoms with E-state index in [4.69, 9.17) is 0 Å². The van der Waals surface area contributed by atoms with Gasteiger partial charge in [-0.25, -0.2) is 9.97 Å². The molecule has 8 nitrogen and oxygen atoms in total. The molecular weight excluding hydrogens is 466 g/mol. The van der Waals surface area contributed by atoms with Crippen molar-refractivity contribution in [3.8, 4) is 11.8 Å². The molecule has 190 valence electrons. The smallest absolute Gasteiger partial charge is 0.263 e. The van der Waals surface area contributed by atoms with E-state index in [0.717, 1.165) is 25.2 Å². The van der Waals surface area contributed by atoms with Crippen LogP contribution in [0.5, 0.6) is 0 Å². The Morgan fingerprint density at radius 2 is 1.84 bits per heavy atom. The van der Waals surface area contributed by atoms with Gasteiger partial charge in [0.25, 0.3) is 5.56 Å². The minimum atomic E-state index is -0.775. The van der Waals surface area contributed by atoms with Crippen LogP contribution >= 0.6 is 0 Å². The number of hydrogen-bond acceptors (Lipinski definition) is 6. The number of nitrogens with zero attached hydrogens (tertiary/aromatic N) is 4. The first-order chi connectivity index (χ1) is 17.8. The molecule has 3 atom stereocenters. The number of aromatic nitrogens is 3. The number of fused-ring (bicyclic) bond motifs is 1. The van der Waals surface area contributed by atoms with Crippen LogP contribution < -0.4 is 10.9 Å². The largest absolute Gasteiger partial charge is 0.298 e. The monoisotopic (exact) mass is 497 g/mol. The van der Waals surface area contributed by atoms with Crippen molar-refractivity contribution in [2.24, 2.45) is 11.8 Å². The topological polar surface area (TPSA) is 97.2 Å². The van der Waals surface area contributed by atoms with Gasteiger partial charge in [0.1, 0.15) is 17.6 Å². The number of pyridine rings is 1.